The maximum Gasteiger partial charge on any atom is 0.123 e. The Hall–Kier alpha value is -1.40. The minimum atomic E-state index is -0.331. The Balaban J connectivity index is 2.27. The van der Waals surface area contributed by atoms with Crippen molar-refractivity contribution >= 4 is 0 Å². The molecule has 1 N–H and O–H groups in total. The lowest BCUT2D eigenvalue weighted by molar-refractivity contribution is 0.447. The molecule has 0 radical (unpaired) electrons. The van der Waals surface area contributed by atoms with Crippen molar-refractivity contribution in [3.63, 3.8) is 0 Å². The van der Waals surface area contributed by atoms with Crippen molar-refractivity contribution in [3.05, 3.63) is 35.6 Å². The highest BCUT2D eigenvalue weighted by atomic mass is 19.1. The number of nitrogens with zero attached hydrogens (tertiary/aromatic N) is 1. The average molecular weight is 220 g/mol. The molecule has 0 atom stereocenters. The van der Waals surface area contributed by atoms with Crippen LogP contribution >= 0.6 is 0 Å². The summed E-state index contributed by atoms with van der Waals surface area (Å²) in [7, 11) is 0. The number of nitriles is 1. The predicted octanol–water partition coefficient (Wildman–Crippen LogP) is 2.51. The first-order chi connectivity index (χ1) is 7.53. The second-order valence-corrected chi connectivity index (χ2v) is 4.55. The molecule has 86 valence electrons. The number of rotatable bonds is 5. The van der Waals surface area contributed by atoms with Crippen LogP contribution in [-0.2, 0) is 6.42 Å². The van der Waals surface area contributed by atoms with Gasteiger partial charge in [0.2, 0.25) is 0 Å². The van der Waals surface area contributed by atoms with Crippen molar-refractivity contribution in [3.8, 4) is 6.07 Å². The third-order valence-electron chi connectivity index (χ3n) is 2.37. The Kier molecular flexibility index (Phi) is 4.45. The summed E-state index contributed by atoms with van der Waals surface area (Å²) in [5.41, 5.74) is 0.770. The molecule has 0 saturated carbocycles. The third-order valence-corrected chi connectivity index (χ3v) is 2.37. The van der Waals surface area contributed by atoms with Gasteiger partial charge in [0, 0.05) is 6.54 Å². The van der Waals surface area contributed by atoms with E-state index in [0.29, 0.717) is 6.54 Å². The summed E-state index contributed by atoms with van der Waals surface area (Å²) in [4.78, 5) is 0. The predicted molar refractivity (Wildman–Crippen MR) is 62.4 cm³/mol. The van der Waals surface area contributed by atoms with E-state index in [1.54, 1.807) is 12.1 Å². The van der Waals surface area contributed by atoms with Gasteiger partial charge in [0.05, 0.1) is 11.5 Å². The molecule has 1 rings (SSSR count). The van der Waals surface area contributed by atoms with Crippen LogP contribution in [-0.4, -0.2) is 13.1 Å². The first-order valence-corrected chi connectivity index (χ1v) is 5.40. The summed E-state index contributed by atoms with van der Waals surface area (Å²) >= 11 is 0. The molecule has 0 aliphatic heterocycles. The van der Waals surface area contributed by atoms with Crippen LogP contribution in [0.1, 0.15) is 19.4 Å². The van der Waals surface area contributed by atoms with Crippen LogP contribution in [0.4, 0.5) is 4.39 Å². The second kappa shape index (κ2) is 5.62. The van der Waals surface area contributed by atoms with Crippen molar-refractivity contribution < 1.29 is 4.39 Å². The summed E-state index contributed by atoms with van der Waals surface area (Å²) in [5.74, 6) is -0.206. The van der Waals surface area contributed by atoms with E-state index in [2.05, 4.69) is 11.4 Å². The number of nitrogens with one attached hydrogen (secondary N) is 1. The van der Waals surface area contributed by atoms with E-state index in [0.717, 1.165) is 18.5 Å². The molecule has 0 aliphatic carbocycles. The van der Waals surface area contributed by atoms with Crippen LogP contribution in [0.15, 0.2) is 24.3 Å². The van der Waals surface area contributed by atoms with Gasteiger partial charge in [0.1, 0.15) is 5.82 Å². The Bertz CT molecular complexity index is 363. The van der Waals surface area contributed by atoms with E-state index < -0.39 is 0 Å². The lowest BCUT2D eigenvalue weighted by atomic mass is 9.96. The molecule has 0 spiro atoms. The summed E-state index contributed by atoms with van der Waals surface area (Å²) in [6.45, 7) is 5.28. The second-order valence-electron chi connectivity index (χ2n) is 4.55. The van der Waals surface area contributed by atoms with Gasteiger partial charge in [0.25, 0.3) is 0 Å². The van der Waals surface area contributed by atoms with Crippen molar-refractivity contribution in [2.75, 3.05) is 13.1 Å². The maximum absolute atomic E-state index is 12.6. The fraction of sp³-hybridized carbons (Fsp3) is 0.462. The fourth-order valence-corrected chi connectivity index (χ4v) is 1.32. The largest absolute Gasteiger partial charge is 0.315 e. The molecule has 0 bridgehead atoms. The lowest BCUT2D eigenvalue weighted by Crippen LogP contribution is -2.29. The van der Waals surface area contributed by atoms with E-state index in [9.17, 15) is 4.39 Å². The third kappa shape index (κ3) is 4.41. The van der Waals surface area contributed by atoms with E-state index in [1.807, 2.05) is 13.8 Å². The van der Waals surface area contributed by atoms with Crippen LogP contribution < -0.4 is 5.32 Å². The highest BCUT2D eigenvalue weighted by Gasteiger charge is 2.14. The molecule has 0 aromatic heterocycles. The minimum Gasteiger partial charge on any atom is -0.315 e. The van der Waals surface area contributed by atoms with Gasteiger partial charge in [-0.1, -0.05) is 12.1 Å². The molecule has 16 heavy (non-hydrogen) atoms. The monoisotopic (exact) mass is 220 g/mol. The van der Waals surface area contributed by atoms with Crippen LogP contribution in [0.25, 0.3) is 0 Å². The van der Waals surface area contributed by atoms with Gasteiger partial charge in [0.15, 0.2) is 0 Å². The first kappa shape index (κ1) is 12.7. The fourth-order valence-electron chi connectivity index (χ4n) is 1.32. The van der Waals surface area contributed by atoms with E-state index >= 15 is 0 Å². The van der Waals surface area contributed by atoms with Gasteiger partial charge in [-0.05, 0) is 44.5 Å². The summed E-state index contributed by atoms with van der Waals surface area (Å²) in [6.07, 6.45) is 0.849. The Labute approximate surface area is 96.1 Å². The standard InChI is InChI=1S/C13H17FN2/c1-13(2,9-15)10-16-8-7-11-3-5-12(14)6-4-11/h3-6,16H,7-8,10H2,1-2H3. The van der Waals surface area contributed by atoms with E-state index in [1.165, 1.54) is 12.1 Å². The normalized spacial score (nSPS) is 11.1. The first-order valence-electron chi connectivity index (χ1n) is 5.40. The zero-order valence-electron chi connectivity index (χ0n) is 9.76. The number of hydrogen-bond donors (Lipinski definition) is 1. The molecule has 0 fully saturated rings. The maximum atomic E-state index is 12.6. The molecule has 0 aliphatic rings. The molecular formula is C13H17FN2. The quantitative estimate of drug-likeness (QED) is 0.774. The SMILES string of the molecule is CC(C)(C#N)CNCCc1ccc(F)cc1. The van der Waals surface area contributed by atoms with E-state index in [-0.39, 0.29) is 11.2 Å². The Morgan fingerprint density at radius 1 is 1.31 bits per heavy atom. The molecule has 0 heterocycles. The Morgan fingerprint density at radius 2 is 1.94 bits per heavy atom. The highest BCUT2D eigenvalue weighted by molar-refractivity contribution is 5.16. The Morgan fingerprint density at radius 3 is 2.50 bits per heavy atom. The van der Waals surface area contributed by atoms with Crippen LogP contribution in [0.5, 0.6) is 0 Å². The van der Waals surface area contributed by atoms with Gasteiger partial charge in [-0.2, -0.15) is 5.26 Å². The van der Waals surface area contributed by atoms with E-state index in [4.69, 9.17) is 5.26 Å². The average Bonchev–Trinajstić information content (AvgIpc) is 2.27. The summed E-state index contributed by atoms with van der Waals surface area (Å²) < 4.78 is 12.6. The van der Waals surface area contributed by atoms with Crippen LogP contribution in [0, 0.1) is 22.6 Å². The van der Waals surface area contributed by atoms with Gasteiger partial charge in [-0.25, -0.2) is 4.39 Å². The zero-order valence-corrected chi connectivity index (χ0v) is 9.76. The van der Waals surface area contributed by atoms with Crippen molar-refractivity contribution in [1.29, 1.82) is 5.26 Å². The molecule has 0 amide bonds. The molecule has 0 saturated heterocycles. The highest BCUT2D eigenvalue weighted by Crippen LogP contribution is 2.10. The number of hydrogen-bond acceptors (Lipinski definition) is 2. The van der Waals surface area contributed by atoms with Crippen LogP contribution in [0.3, 0.4) is 0 Å². The lowest BCUT2D eigenvalue weighted by Gasteiger charge is -2.15. The minimum absolute atomic E-state index is 0.206. The molecule has 2 nitrogen and oxygen atoms in total. The smallest absolute Gasteiger partial charge is 0.123 e. The number of halogens is 1. The van der Waals surface area contributed by atoms with Crippen molar-refractivity contribution in [2.45, 2.75) is 20.3 Å². The van der Waals surface area contributed by atoms with Gasteiger partial charge in [-0.3, -0.25) is 0 Å². The van der Waals surface area contributed by atoms with Gasteiger partial charge >= 0.3 is 0 Å². The van der Waals surface area contributed by atoms with Gasteiger partial charge in [-0.15, -0.1) is 0 Å². The topological polar surface area (TPSA) is 35.8 Å². The summed E-state index contributed by atoms with van der Waals surface area (Å²) in [6, 6.07) is 8.74. The molecule has 0 unspecified atom stereocenters. The molecule has 1 aromatic carbocycles. The molecule has 1 aromatic rings. The van der Waals surface area contributed by atoms with Gasteiger partial charge < -0.3 is 5.32 Å². The van der Waals surface area contributed by atoms with Crippen molar-refractivity contribution in [1.82, 2.24) is 5.32 Å². The molecule has 3 heteroatoms. The molecular weight excluding hydrogens is 203 g/mol. The number of benzene rings is 1. The van der Waals surface area contributed by atoms with Crippen molar-refractivity contribution in [2.24, 2.45) is 5.41 Å². The summed E-state index contributed by atoms with van der Waals surface area (Å²) in [5, 5.41) is 12.0. The zero-order chi connectivity index (χ0) is 12.0. The van der Waals surface area contributed by atoms with Crippen LogP contribution in [0.2, 0.25) is 0 Å².